The first-order valence-electron chi connectivity index (χ1n) is 4.27. The molecular weight excluding hydrogens is 242 g/mol. The highest BCUT2D eigenvalue weighted by molar-refractivity contribution is 9.10. The van der Waals surface area contributed by atoms with E-state index in [-0.39, 0.29) is 0 Å². The first-order chi connectivity index (χ1) is 6.81. The van der Waals surface area contributed by atoms with Gasteiger partial charge in [-0.1, -0.05) is 15.9 Å². The molecular formula is C10H8BrN3. The fraction of sp³-hybridized carbons (Fsp3) is 0.200. The third-order valence-electron chi connectivity index (χ3n) is 2.08. The highest BCUT2D eigenvalue weighted by atomic mass is 79.9. The minimum absolute atomic E-state index is 0.674. The van der Waals surface area contributed by atoms with Gasteiger partial charge in [0, 0.05) is 11.0 Å². The van der Waals surface area contributed by atoms with Gasteiger partial charge in [0.25, 0.3) is 0 Å². The SMILES string of the molecule is N#Cc1cc(Br)ccc1N1C=NCC1. The topological polar surface area (TPSA) is 39.4 Å². The second-order valence-electron chi connectivity index (χ2n) is 2.99. The lowest BCUT2D eigenvalue weighted by Gasteiger charge is -2.15. The van der Waals surface area contributed by atoms with Crippen LogP contribution in [0.25, 0.3) is 0 Å². The Morgan fingerprint density at radius 1 is 1.50 bits per heavy atom. The standard InChI is InChI=1S/C10H8BrN3/c11-9-1-2-10(8(5-9)6-12)14-4-3-13-7-14/h1-2,5,7H,3-4H2. The van der Waals surface area contributed by atoms with Gasteiger partial charge in [-0.15, -0.1) is 0 Å². The number of nitrogens with zero attached hydrogens (tertiary/aromatic N) is 3. The van der Waals surface area contributed by atoms with E-state index in [1.165, 1.54) is 0 Å². The molecule has 0 unspecified atom stereocenters. The van der Waals surface area contributed by atoms with E-state index in [9.17, 15) is 0 Å². The molecule has 0 aromatic heterocycles. The molecule has 1 aliphatic rings. The Kier molecular flexibility index (Phi) is 2.51. The van der Waals surface area contributed by atoms with Crippen molar-refractivity contribution in [2.75, 3.05) is 18.0 Å². The van der Waals surface area contributed by atoms with Crippen LogP contribution in [-0.2, 0) is 0 Å². The van der Waals surface area contributed by atoms with Crippen LogP contribution in [0.3, 0.4) is 0 Å². The molecule has 0 saturated heterocycles. The molecule has 0 spiro atoms. The van der Waals surface area contributed by atoms with Crippen molar-refractivity contribution in [3.63, 3.8) is 0 Å². The molecule has 1 aliphatic heterocycles. The summed E-state index contributed by atoms with van der Waals surface area (Å²) in [6.45, 7) is 1.66. The predicted molar refractivity (Wildman–Crippen MR) is 59.6 cm³/mol. The summed E-state index contributed by atoms with van der Waals surface area (Å²) < 4.78 is 0.925. The Bertz CT molecular complexity index is 420. The van der Waals surface area contributed by atoms with Crippen LogP contribution in [0.15, 0.2) is 27.7 Å². The summed E-state index contributed by atoms with van der Waals surface area (Å²) in [4.78, 5) is 6.11. The highest BCUT2D eigenvalue weighted by Gasteiger charge is 2.12. The van der Waals surface area contributed by atoms with Crippen molar-refractivity contribution in [2.24, 2.45) is 4.99 Å². The minimum Gasteiger partial charge on any atom is -0.330 e. The van der Waals surface area contributed by atoms with E-state index in [0.717, 1.165) is 23.2 Å². The molecule has 4 heteroatoms. The van der Waals surface area contributed by atoms with Gasteiger partial charge < -0.3 is 4.90 Å². The number of rotatable bonds is 1. The van der Waals surface area contributed by atoms with Crippen LogP contribution in [0.1, 0.15) is 5.56 Å². The number of benzene rings is 1. The monoisotopic (exact) mass is 249 g/mol. The van der Waals surface area contributed by atoms with Gasteiger partial charge in [0.15, 0.2) is 0 Å². The van der Waals surface area contributed by atoms with E-state index in [1.54, 1.807) is 6.34 Å². The third kappa shape index (κ3) is 1.64. The predicted octanol–water partition coefficient (Wildman–Crippen LogP) is 2.17. The second-order valence-corrected chi connectivity index (χ2v) is 3.90. The van der Waals surface area contributed by atoms with E-state index in [0.29, 0.717) is 5.56 Å². The Labute approximate surface area is 90.8 Å². The van der Waals surface area contributed by atoms with Crippen LogP contribution in [0, 0.1) is 11.3 Å². The van der Waals surface area contributed by atoms with Crippen LogP contribution in [0.4, 0.5) is 5.69 Å². The van der Waals surface area contributed by atoms with E-state index in [1.807, 2.05) is 23.1 Å². The van der Waals surface area contributed by atoms with Crippen LogP contribution in [0.5, 0.6) is 0 Å². The van der Waals surface area contributed by atoms with E-state index in [4.69, 9.17) is 5.26 Å². The molecule has 0 bridgehead atoms. The third-order valence-corrected chi connectivity index (χ3v) is 2.57. The van der Waals surface area contributed by atoms with Crippen LogP contribution in [-0.4, -0.2) is 19.4 Å². The van der Waals surface area contributed by atoms with Gasteiger partial charge in [-0.3, -0.25) is 4.99 Å². The maximum absolute atomic E-state index is 8.96. The molecule has 1 heterocycles. The van der Waals surface area contributed by atoms with Crippen molar-refractivity contribution in [2.45, 2.75) is 0 Å². The van der Waals surface area contributed by atoms with Crippen LogP contribution >= 0.6 is 15.9 Å². The Balaban J connectivity index is 2.42. The quantitative estimate of drug-likeness (QED) is 0.766. The molecule has 0 N–H and O–H groups in total. The highest BCUT2D eigenvalue weighted by Crippen LogP contribution is 2.24. The smallest absolute Gasteiger partial charge is 0.101 e. The van der Waals surface area contributed by atoms with E-state index >= 15 is 0 Å². The summed E-state index contributed by atoms with van der Waals surface area (Å²) in [6.07, 6.45) is 1.78. The molecule has 0 radical (unpaired) electrons. The minimum atomic E-state index is 0.674. The van der Waals surface area contributed by atoms with Crippen molar-refractivity contribution in [3.8, 4) is 6.07 Å². The van der Waals surface area contributed by atoms with Crippen molar-refractivity contribution in [1.29, 1.82) is 5.26 Å². The first kappa shape index (κ1) is 9.22. The number of anilines is 1. The second kappa shape index (κ2) is 3.81. The fourth-order valence-electron chi connectivity index (χ4n) is 1.41. The van der Waals surface area contributed by atoms with Gasteiger partial charge in [0.1, 0.15) is 6.07 Å². The average Bonchev–Trinajstić information content (AvgIpc) is 2.70. The molecule has 0 saturated carbocycles. The summed E-state index contributed by atoms with van der Waals surface area (Å²) in [7, 11) is 0. The Morgan fingerprint density at radius 3 is 3.00 bits per heavy atom. The maximum Gasteiger partial charge on any atom is 0.101 e. The molecule has 0 amide bonds. The molecule has 0 atom stereocenters. The summed E-state index contributed by atoms with van der Waals surface area (Å²) in [6, 6.07) is 7.86. The maximum atomic E-state index is 8.96. The zero-order valence-corrected chi connectivity index (χ0v) is 9.03. The van der Waals surface area contributed by atoms with Crippen molar-refractivity contribution in [3.05, 3.63) is 28.2 Å². The number of aliphatic imine (C=N–C) groups is 1. The van der Waals surface area contributed by atoms with Gasteiger partial charge in [0.2, 0.25) is 0 Å². The Morgan fingerprint density at radius 2 is 2.36 bits per heavy atom. The van der Waals surface area contributed by atoms with E-state index in [2.05, 4.69) is 27.0 Å². The molecule has 1 aromatic carbocycles. The van der Waals surface area contributed by atoms with Gasteiger partial charge >= 0.3 is 0 Å². The summed E-state index contributed by atoms with van der Waals surface area (Å²) >= 11 is 3.34. The molecule has 1 aromatic rings. The molecule has 3 nitrogen and oxygen atoms in total. The fourth-order valence-corrected chi connectivity index (χ4v) is 1.77. The lowest BCUT2D eigenvalue weighted by atomic mass is 10.2. The van der Waals surface area contributed by atoms with Crippen LogP contribution in [0.2, 0.25) is 0 Å². The summed E-state index contributed by atoms with van der Waals surface area (Å²) in [5, 5.41) is 8.96. The number of halogens is 1. The molecule has 0 aliphatic carbocycles. The number of nitriles is 1. The zero-order valence-electron chi connectivity index (χ0n) is 7.44. The molecule has 0 fully saturated rings. The van der Waals surface area contributed by atoms with Crippen molar-refractivity contribution >= 4 is 28.0 Å². The zero-order chi connectivity index (χ0) is 9.97. The van der Waals surface area contributed by atoms with E-state index < -0.39 is 0 Å². The van der Waals surface area contributed by atoms with Gasteiger partial charge in [0.05, 0.1) is 24.1 Å². The van der Waals surface area contributed by atoms with Crippen molar-refractivity contribution < 1.29 is 0 Å². The lowest BCUT2D eigenvalue weighted by Crippen LogP contribution is -2.19. The van der Waals surface area contributed by atoms with Gasteiger partial charge in [-0.2, -0.15) is 5.26 Å². The first-order valence-corrected chi connectivity index (χ1v) is 5.07. The molecule has 70 valence electrons. The number of hydrogen-bond donors (Lipinski definition) is 0. The van der Waals surface area contributed by atoms with Gasteiger partial charge in [-0.25, -0.2) is 0 Å². The summed E-state index contributed by atoms with van der Waals surface area (Å²) in [5.41, 5.74) is 1.60. The average molecular weight is 250 g/mol. The van der Waals surface area contributed by atoms with Gasteiger partial charge in [-0.05, 0) is 18.2 Å². The molecule has 14 heavy (non-hydrogen) atoms. The van der Waals surface area contributed by atoms with Crippen LogP contribution < -0.4 is 4.90 Å². The number of hydrogen-bond acceptors (Lipinski definition) is 3. The normalized spacial score (nSPS) is 14.4. The lowest BCUT2D eigenvalue weighted by molar-refractivity contribution is 1.02. The molecule has 2 rings (SSSR count). The Hall–Kier alpha value is -1.34. The largest absolute Gasteiger partial charge is 0.330 e. The van der Waals surface area contributed by atoms with Crippen molar-refractivity contribution in [1.82, 2.24) is 0 Å². The summed E-state index contributed by atoms with van der Waals surface area (Å²) in [5.74, 6) is 0.